The van der Waals surface area contributed by atoms with E-state index < -0.39 is 10.0 Å². The van der Waals surface area contributed by atoms with Gasteiger partial charge in [-0.3, -0.25) is 9.10 Å². The van der Waals surface area contributed by atoms with E-state index in [-0.39, 0.29) is 18.9 Å². The van der Waals surface area contributed by atoms with Gasteiger partial charge in [0.25, 0.3) is 0 Å². The van der Waals surface area contributed by atoms with Gasteiger partial charge in [0.15, 0.2) is 0 Å². The highest BCUT2D eigenvalue weighted by molar-refractivity contribution is 7.92. The van der Waals surface area contributed by atoms with Crippen molar-refractivity contribution in [1.82, 2.24) is 0 Å². The Hall–Kier alpha value is -2.05. The van der Waals surface area contributed by atoms with Crippen LogP contribution in [0.15, 0.2) is 36.4 Å². The minimum atomic E-state index is -3.54. The first-order valence-electron chi connectivity index (χ1n) is 8.19. The lowest BCUT2D eigenvalue weighted by Crippen LogP contribution is -2.33. The largest absolute Gasteiger partial charge is 0.326 e. The summed E-state index contributed by atoms with van der Waals surface area (Å²) in [6.07, 6.45) is 1.15. The molecule has 0 unspecified atom stereocenters. The molecule has 0 heterocycles. The molecular formula is C19H23ClN2O3S. The van der Waals surface area contributed by atoms with Gasteiger partial charge in [-0.1, -0.05) is 35.4 Å². The Balaban J connectivity index is 2.15. The summed E-state index contributed by atoms with van der Waals surface area (Å²) in [6.45, 7) is 5.69. The molecule has 26 heavy (non-hydrogen) atoms. The second-order valence-electron chi connectivity index (χ2n) is 6.34. The average Bonchev–Trinajstić information content (AvgIpc) is 2.53. The summed E-state index contributed by atoms with van der Waals surface area (Å²) >= 11 is 6.11. The highest BCUT2D eigenvalue weighted by Gasteiger charge is 2.21. The number of benzene rings is 2. The predicted molar refractivity (Wildman–Crippen MR) is 108 cm³/mol. The van der Waals surface area contributed by atoms with E-state index in [1.165, 1.54) is 4.31 Å². The van der Waals surface area contributed by atoms with Crippen LogP contribution in [0.4, 0.5) is 11.4 Å². The second kappa shape index (κ2) is 8.10. The highest BCUT2D eigenvalue weighted by atomic mass is 35.5. The molecule has 5 nitrogen and oxygen atoms in total. The minimum absolute atomic E-state index is 0.0341. The van der Waals surface area contributed by atoms with Crippen molar-refractivity contribution < 1.29 is 13.2 Å². The number of hydrogen-bond donors (Lipinski definition) is 1. The van der Waals surface area contributed by atoms with E-state index in [1.54, 1.807) is 25.1 Å². The Morgan fingerprint density at radius 3 is 2.46 bits per heavy atom. The number of aryl methyl sites for hydroxylation is 2. The Morgan fingerprint density at radius 2 is 1.85 bits per heavy atom. The fraction of sp³-hybridized carbons (Fsp3) is 0.316. The predicted octanol–water partition coefficient (Wildman–Crippen LogP) is 4.06. The molecular weight excluding hydrogens is 372 g/mol. The third-order valence-electron chi connectivity index (χ3n) is 4.11. The van der Waals surface area contributed by atoms with Crippen LogP contribution in [0.3, 0.4) is 0 Å². The molecule has 0 aromatic heterocycles. The van der Waals surface area contributed by atoms with Crippen molar-refractivity contribution in [2.24, 2.45) is 0 Å². The summed E-state index contributed by atoms with van der Waals surface area (Å²) in [4.78, 5) is 12.3. The maximum Gasteiger partial charge on any atom is 0.232 e. The Morgan fingerprint density at radius 1 is 1.15 bits per heavy atom. The number of nitrogens with one attached hydrogen (secondary N) is 1. The highest BCUT2D eigenvalue weighted by Crippen LogP contribution is 2.28. The molecule has 0 radical (unpaired) electrons. The first-order valence-corrected chi connectivity index (χ1v) is 10.4. The topological polar surface area (TPSA) is 66.5 Å². The van der Waals surface area contributed by atoms with Crippen molar-refractivity contribution in [3.63, 3.8) is 0 Å². The third-order valence-corrected chi connectivity index (χ3v) is 5.70. The summed E-state index contributed by atoms with van der Waals surface area (Å²) in [6, 6.07) is 10.8. The van der Waals surface area contributed by atoms with Crippen molar-refractivity contribution in [2.75, 3.05) is 22.4 Å². The maximum atomic E-state index is 12.3. The number of hydrogen-bond acceptors (Lipinski definition) is 3. The average molecular weight is 395 g/mol. The van der Waals surface area contributed by atoms with Crippen molar-refractivity contribution in [1.29, 1.82) is 0 Å². The first-order chi connectivity index (χ1) is 12.1. The Kier molecular flexibility index (Phi) is 6.31. The van der Waals surface area contributed by atoms with Crippen LogP contribution in [0.1, 0.15) is 23.1 Å². The van der Waals surface area contributed by atoms with E-state index in [9.17, 15) is 13.2 Å². The molecule has 7 heteroatoms. The van der Waals surface area contributed by atoms with Gasteiger partial charge in [-0.25, -0.2) is 8.42 Å². The Labute approximate surface area is 160 Å². The molecule has 2 aromatic carbocycles. The number of amides is 1. The number of halogens is 1. The van der Waals surface area contributed by atoms with Crippen LogP contribution in [0.25, 0.3) is 0 Å². The summed E-state index contributed by atoms with van der Waals surface area (Å²) < 4.78 is 25.6. The lowest BCUT2D eigenvalue weighted by molar-refractivity contribution is -0.116. The van der Waals surface area contributed by atoms with Gasteiger partial charge in [-0.15, -0.1) is 0 Å². The van der Waals surface area contributed by atoms with Crippen LogP contribution in [0, 0.1) is 20.8 Å². The van der Waals surface area contributed by atoms with E-state index in [0.717, 1.165) is 23.1 Å². The minimum Gasteiger partial charge on any atom is -0.326 e. The molecule has 2 rings (SSSR count). The van der Waals surface area contributed by atoms with Crippen molar-refractivity contribution in [3.8, 4) is 0 Å². The molecule has 0 atom stereocenters. The molecule has 0 bridgehead atoms. The Bertz CT molecular complexity index is 926. The molecule has 0 aliphatic rings. The number of carbonyl (C=O) groups excluding carboxylic acids is 1. The van der Waals surface area contributed by atoms with Gasteiger partial charge >= 0.3 is 0 Å². The molecule has 1 N–H and O–H groups in total. The maximum absolute atomic E-state index is 12.3. The summed E-state index contributed by atoms with van der Waals surface area (Å²) in [5.41, 5.74) is 3.95. The zero-order valence-corrected chi connectivity index (χ0v) is 16.9. The standard InChI is InChI=1S/C19H23ClN2O3S/c1-13-8-9-17(14(2)12-13)21-19(23)10-11-22(26(4,24)25)18-7-5-6-16(20)15(18)3/h5-9,12H,10-11H2,1-4H3,(H,21,23). The van der Waals surface area contributed by atoms with Gasteiger partial charge in [-0.05, 0) is 50.1 Å². The molecule has 140 valence electrons. The molecule has 0 fully saturated rings. The van der Waals surface area contributed by atoms with Crippen LogP contribution in [0.5, 0.6) is 0 Å². The lowest BCUT2D eigenvalue weighted by atomic mass is 10.1. The van der Waals surface area contributed by atoms with Gasteiger partial charge in [-0.2, -0.15) is 0 Å². The molecule has 1 amide bonds. The van der Waals surface area contributed by atoms with Gasteiger partial charge in [0, 0.05) is 23.7 Å². The molecule has 0 spiro atoms. The van der Waals surface area contributed by atoms with E-state index in [4.69, 9.17) is 11.6 Å². The van der Waals surface area contributed by atoms with Crippen molar-refractivity contribution >= 4 is 38.9 Å². The van der Waals surface area contributed by atoms with E-state index in [1.807, 2.05) is 32.0 Å². The smallest absolute Gasteiger partial charge is 0.232 e. The van der Waals surface area contributed by atoms with Gasteiger partial charge in [0.1, 0.15) is 0 Å². The van der Waals surface area contributed by atoms with Crippen LogP contribution in [0.2, 0.25) is 5.02 Å². The SMILES string of the molecule is Cc1ccc(NC(=O)CCN(c2cccc(Cl)c2C)S(C)(=O)=O)c(C)c1. The normalized spacial score (nSPS) is 11.3. The van der Waals surface area contributed by atoms with Crippen molar-refractivity contribution in [2.45, 2.75) is 27.2 Å². The zero-order chi connectivity index (χ0) is 19.5. The van der Waals surface area contributed by atoms with Crippen LogP contribution < -0.4 is 9.62 Å². The third kappa shape index (κ3) is 4.99. The first kappa shape index (κ1) is 20.3. The molecule has 0 aliphatic carbocycles. The molecule has 0 aliphatic heterocycles. The monoisotopic (exact) mass is 394 g/mol. The summed E-state index contributed by atoms with van der Waals surface area (Å²) in [5.74, 6) is -0.245. The second-order valence-corrected chi connectivity index (χ2v) is 8.65. The molecule has 0 saturated heterocycles. The van der Waals surface area contributed by atoms with Gasteiger partial charge < -0.3 is 5.32 Å². The fourth-order valence-electron chi connectivity index (χ4n) is 2.70. The number of rotatable bonds is 6. The van der Waals surface area contributed by atoms with Gasteiger partial charge in [0.2, 0.25) is 15.9 Å². The number of anilines is 2. The number of nitrogens with zero attached hydrogens (tertiary/aromatic N) is 1. The molecule has 2 aromatic rings. The summed E-state index contributed by atoms with van der Waals surface area (Å²) in [5, 5.41) is 3.32. The zero-order valence-electron chi connectivity index (χ0n) is 15.3. The molecule has 0 saturated carbocycles. The quantitative estimate of drug-likeness (QED) is 0.803. The van der Waals surface area contributed by atoms with Gasteiger partial charge in [0.05, 0.1) is 11.9 Å². The summed E-state index contributed by atoms with van der Waals surface area (Å²) in [7, 11) is -3.54. The number of sulfonamides is 1. The van der Waals surface area contributed by atoms with E-state index in [2.05, 4.69) is 5.32 Å². The lowest BCUT2D eigenvalue weighted by Gasteiger charge is -2.24. The van der Waals surface area contributed by atoms with Crippen LogP contribution in [-0.2, 0) is 14.8 Å². The number of carbonyl (C=O) groups is 1. The fourth-order valence-corrected chi connectivity index (χ4v) is 3.85. The van der Waals surface area contributed by atoms with Crippen molar-refractivity contribution in [3.05, 3.63) is 58.1 Å². The van der Waals surface area contributed by atoms with E-state index >= 15 is 0 Å². The van der Waals surface area contributed by atoms with Crippen LogP contribution in [-0.4, -0.2) is 27.1 Å². The van der Waals surface area contributed by atoms with E-state index in [0.29, 0.717) is 16.3 Å². The van der Waals surface area contributed by atoms with Crippen LogP contribution >= 0.6 is 11.6 Å².